The van der Waals surface area contributed by atoms with Crippen LogP contribution in [0.15, 0.2) is 30.3 Å². The smallest absolute Gasteiger partial charge is 0.406 e. The van der Waals surface area contributed by atoms with E-state index in [0.29, 0.717) is 10.5 Å². The van der Waals surface area contributed by atoms with Gasteiger partial charge >= 0.3 is 12.1 Å². The van der Waals surface area contributed by atoms with E-state index in [0.717, 1.165) is 0 Å². The van der Waals surface area contributed by atoms with Gasteiger partial charge in [0, 0.05) is 6.54 Å². The van der Waals surface area contributed by atoms with Crippen LogP contribution in [0.25, 0.3) is 0 Å². The molecule has 116 valence electrons. The van der Waals surface area contributed by atoms with E-state index in [1.54, 1.807) is 30.3 Å². The average Bonchev–Trinajstić information content (AvgIpc) is 2.37. The van der Waals surface area contributed by atoms with Crippen LogP contribution in [-0.4, -0.2) is 47.8 Å². The second-order valence-electron chi connectivity index (χ2n) is 4.24. The standard InChI is InChI=1S/C13H14F3NO4/c14-13(15,16)9-17(6-10-4-2-1-3-5-10)11(18)7-21-8-12(19)20/h1-5H,6-9H2,(H,19,20). The Balaban J connectivity index is 2.67. The van der Waals surface area contributed by atoms with Crippen molar-refractivity contribution in [3.8, 4) is 0 Å². The number of halogens is 3. The Kier molecular flexibility index (Phi) is 6.16. The molecule has 1 aromatic rings. The summed E-state index contributed by atoms with van der Waals surface area (Å²) in [6.45, 7) is -3.10. The number of carbonyl (C=O) groups is 2. The van der Waals surface area contributed by atoms with Crippen molar-refractivity contribution < 1.29 is 32.6 Å². The van der Waals surface area contributed by atoms with E-state index in [2.05, 4.69) is 4.74 Å². The predicted octanol–water partition coefficient (Wildman–Crippen LogP) is 1.68. The topological polar surface area (TPSA) is 66.8 Å². The summed E-state index contributed by atoms with van der Waals surface area (Å²) >= 11 is 0. The first kappa shape index (κ1) is 17.0. The Morgan fingerprint density at radius 3 is 2.29 bits per heavy atom. The van der Waals surface area contributed by atoms with Crippen LogP contribution in [-0.2, 0) is 20.9 Å². The maximum Gasteiger partial charge on any atom is 0.406 e. The van der Waals surface area contributed by atoms with Crippen LogP contribution in [0.3, 0.4) is 0 Å². The number of hydrogen-bond donors (Lipinski definition) is 1. The molecular formula is C13H14F3NO4. The number of aliphatic carboxylic acids is 1. The molecule has 1 aromatic carbocycles. The highest BCUT2D eigenvalue weighted by molar-refractivity contribution is 5.78. The minimum Gasteiger partial charge on any atom is -0.480 e. The molecule has 0 unspecified atom stereocenters. The van der Waals surface area contributed by atoms with Gasteiger partial charge in [0.05, 0.1) is 0 Å². The summed E-state index contributed by atoms with van der Waals surface area (Å²) < 4.78 is 42.0. The SMILES string of the molecule is O=C(O)COCC(=O)N(Cc1ccccc1)CC(F)(F)F. The van der Waals surface area contributed by atoms with E-state index in [1.807, 2.05) is 0 Å². The highest BCUT2D eigenvalue weighted by Gasteiger charge is 2.33. The lowest BCUT2D eigenvalue weighted by molar-refractivity contribution is -0.166. The van der Waals surface area contributed by atoms with Crippen LogP contribution in [0.5, 0.6) is 0 Å². The Labute approximate surface area is 118 Å². The van der Waals surface area contributed by atoms with Crippen LogP contribution in [0.1, 0.15) is 5.56 Å². The molecule has 0 fully saturated rings. The minimum atomic E-state index is -4.54. The number of alkyl halides is 3. The highest BCUT2D eigenvalue weighted by atomic mass is 19.4. The number of carboxylic acid groups (broad SMARTS) is 1. The normalized spacial score (nSPS) is 11.2. The molecular weight excluding hydrogens is 291 g/mol. The molecule has 0 aliphatic rings. The largest absolute Gasteiger partial charge is 0.480 e. The molecule has 0 atom stereocenters. The van der Waals surface area contributed by atoms with Gasteiger partial charge in [0.1, 0.15) is 19.8 Å². The van der Waals surface area contributed by atoms with Crippen molar-refractivity contribution in [3.63, 3.8) is 0 Å². The molecule has 21 heavy (non-hydrogen) atoms. The molecule has 0 saturated heterocycles. The van der Waals surface area contributed by atoms with Gasteiger partial charge in [-0.25, -0.2) is 4.79 Å². The molecule has 0 radical (unpaired) electrons. The lowest BCUT2D eigenvalue weighted by atomic mass is 10.2. The van der Waals surface area contributed by atoms with Crippen molar-refractivity contribution >= 4 is 11.9 Å². The second-order valence-corrected chi connectivity index (χ2v) is 4.24. The maximum atomic E-state index is 12.5. The van der Waals surface area contributed by atoms with Crippen LogP contribution in [0.4, 0.5) is 13.2 Å². The number of carbonyl (C=O) groups excluding carboxylic acids is 1. The molecule has 0 spiro atoms. The summed E-state index contributed by atoms with van der Waals surface area (Å²) in [4.78, 5) is 22.5. The Bertz CT molecular complexity index is 476. The summed E-state index contributed by atoms with van der Waals surface area (Å²) in [6.07, 6.45) is -4.54. The van der Waals surface area contributed by atoms with E-state index in [9.17, 15) is 22.8 Å². The summed E-state index contributed by atoms with van der Waals surface area (Å²) in [7, 11) is 0. The maximum absolute atomic E-state index is 12.5. The van der Waals surface area contributed by atoms with Gasteiger partial charge in [0.15, 0.2) is 0 Å². The van der Waals surface area contributed by atoms with Gasteiger partial charge in [0.2, 0.25) is 5.91 Å². The number of ether oxygens (including phenoxy) is 1. The zero-order chi connectivity index (χ0) is 15.9. The second kappa shape index (κ2) is 7.63. The fraction of sp³-hybridized carbons (Fsp3) is 0.385. The van der Waals surface area contributed by atoms with Crippen molar-refractivity contribution in [2.45, 2.75) is 12.7 Å². The summed E-state index contributed by atoms with van der Waals surface area (Å²) in [5, 5.41) is 8.36. The molecule has 1 N–H and O–H groups in total. The van der Waals surface area contributed by atoms with Gasteiger partial charge < -0.3 is 14.7 Å². The third kappa shape index (κ3) is 7.31. The van der Waals surface area contributed by atoms with E-state index >= 15 is 0 Å². The summed E-state index contributed by atoms with van der Waals surface area (Å²) in [5.41, 5.74) is 0.535. The number of rotatable bonds is 7. The van der Waals surface area contributed by atoms with Crippen LogP contribution < -0.4 is 0 Å². The molecule has 0 aliphatic carbocycles. The summed E-state index contributed by atoms with van der Waals surface area (Å²) in [5.74, 6) is -2.22. The zero-order valence-corrected chi connectivity index (χ0v) is 11.0. The lowest BCUT2D eigenvalue weighted by Crippen LogP contribution is -2.40. The van der Waals surface area contributed by atoms with Crippen LogP contribution >= 0.6 is 0 Å². The van der Waals surface area contributed by atoms with Crippen LogP contribution in [0.2, 0.25) is 0 Å². The summed E-state index contributed by atoms with van der Waals surface area (Å²) in [6, 6.07) is 8.18. The van der Waals surface area contributed by atoms with Gasteiger partial charge in [-0.1, -0.05) is 30.3 Å². The van der Waals surface area contributed by atoms with E-state index in [4.69, 9.17) is 5.11 Å². The Morgan fingerprint density at radius 1 is 1.14 bits per heavy atom. The lowest BCUT2D eigenvalue weighted by Gasteiger charge is -2.24. The first-order chi connectivity index (χ1) is 9.78. The molecule has 0 bridgehead atoms. The van der Waals surface area contributed by atoms with Crippen molar-refractivity contribution in [1.82, 2.24) is 4.90 Å². The molecule has 0 aliphatic heterocycles. The molecule has 1 rings (SSSR count). The number of nitrogens with zero attached hydrogens (tertiary/aromatic N) is 1. The van der Waals surface area contributed by atoms with Crippen LogP contribution in [0, 0.1) is 0 Å². The predicted molar refractivity (Wildman–Crippen MR) is 66.4 cm³/mol. The highest BCUT2D eigenvalue weighted by Crippen LogP contribution is 2.18. The fourth-order valence-electron chi connectivity index (χ4n) is 1.57. The van der Waals surface area contributed by atoms with Crippen molar-refractivity contribution in [2.24, 2.45) is 0 Å². The van der Waals surface area contributed by atoms with E-state index < -0.39 is 37.8 Å². The van der Waals surface area contributed by atoms with Crippen molar-refractivity contribution in [2.75, 3.05) is 19.8 Å². The van der Waals surface area contributed by atoms with E-state index in [1.165, 1.54) is 0 Å². The van der Waals surface area contributed by atoms with Gasteiger partial charge in [-0.15, -0.1) is 0 Å². The van der Waals surface area contributed by atoms with E-state index in [-0.39, 0.29) is 6.54 Å². The fourth-order valence-corrected chi connectivity index (χ4v) is 1.57. The zero-order valence-electron chi connectivity index (χ0n) is 11.0. The van der Waals surface area contributed by atoms with Gasteiger partial charge in [-0.3, -0.25) is 4.79 Å². The first-order valence-corrected chi connectivity index (χ1v) is 5.96. The van der Waals surface area contributed by atoms with Crippen molar-refractivity contribution in [1.29, 1.82) is 0 Å². The monoisotopic (exact) mass is 305 g/mol. The third-order valence-corrected chi connectivity index (χ3v) is 2.39. The number of amides is 1. The molecule has 5 nitrogen and oxygen atoms in total. The average molecular weight is 305 g/mol. The number of benzene rings is 1. The quantitative estimate of drug-likeness (QED) is 0.832. The minimum absolute atomic E-state index is 0.227. The van der Waals surface area contributed by atoms with Gasteiger partial charge in [-0.05, 0) is 5.56 Å². The molecule has 0 saturated carbocycles. The molecule has 1 amide bonds. The molecule has 0 aromatic heterocycles. The first-order valence-electron chi connectivity index (χ1n) is 5.96. The number of carboxylic acids is 1. The molecule has 0 heterocycles. The van der Waals surface area contributed by atoms with Crippen molar-refractivity contribution in [3.05, 3.63) is 35.9 Å². The Hall–Kier alpha value is -2.09. The Morgan fingerprint density at radius 2 is 1.76 bits per heavy atom. The third-order valence-electron chi connectivity index (χ3n) is 2.39. The van der Waals surface area contributed by atoms with Gasteiger partial charge in [-0.2, -0.15) is 13.2 Å². The van der Waals surface area contributed by atoms with Gasteiger partial charge in [0.25, 0.3) is 0 Å². The molecule has 8 heteroatoms. The number of hydrogen-bond acceptors (Lipinski definition) is 3.